The summed E-state index contributed by atoms with van der Waals surface area (Å²) in [4.78, 5) is 23.7. The Labute approximate surface area is 169 Å². The number of ether oxygens (including phenoxy) is 1. The molecule has 12 heteroatoms. The number of primary amides is 1. The maximum atomic E-state index is 12.7. The first kappa shape index (κ1) is 21.5. The highest BCUT2D eigenvalue weighted by molar-refractivity contribution is 7.91. The van der Waals surface area contributed by atoms with Crippen molar-refractivity contribution in [2.75, 3.05) is 31.2 Å². The Balaban J connectivity index is 1.69. The number of sulfonamides is 1. The summed E-state index contributed by atoms with van der Waals surface area (Å²) in [6, 6.07) is 3.26. The molecule has 0 saturated carbocycles. The molecule has 3 N–H and O–H groups in total. The van der Waals surface area contributed by atoms with Crippen molar-refractivity contribution >= 4 is 31.7 Å². The normalized spacial score (nSPS) is 21.7. The molecule has 2 fully saturated rings. The first-order chi connectivity index (χ1) is 13.6. The van der Waals surface area contributed by atoms with Gasteiger partial charge in [0.2, 0.25) is 10.0 Å². The van der Waals surface area contributed by atoms with Crippen LogP contribution >= 0.6 is 0 Å². The molecule has 3 rings (SSSR count). The summed E-state index contributed by atoms with van der Waals surface area (Å²) < 4.78 is 54.9. The van der Waals surface area contributed by atoms with E-state index in [1.807, 2.05) is 0 Å². The molecule has 1 aromatic rings. The molecule has 2 aliphatic rings. The highest BCUT2D eigenvalue weighted by Crippen LogP contribution is 2.26. The molecule has 2 amide bonds. The van der Waals surface area contributed by atoms with Gasteiger partial charge in [-0.05, 0) is 37.5 Å². The van der Waals surface area contributed by atoms with Crippen molar-refractivity contribution in [3.8, 4) is 5.75 Å². The number of amides is 2. The second kappa shape index (κ2) is 8.28. The molecule has 0 aliphatic carbocycles. The van der Waals surface area contributed by atoms with Gasteiger partial charge in [-0.1, -0.05) is 0 Å². The minimum absolute atomic E-state index is 0.0212. The van der Waals surface area contributed by atoms with Crippen LogP contribution in [0.15, 0.2) is 23.1 Å². The molecule has 0 radical (unpaired) electrons. The zero-order valence-electron chi connectivity index (χ0n) is 15.7. The molecule has 2 aliphatic heterocycles. The van der Waals surface area contributed by atoms with Crippen LogP contribution in [0.1, 0.15) is 29.6 Å². The van der Waals surface area contributed by atoms with Crippen LogP contribution in [0.5, 0.6) is 5.75 Å². The summed E-state index contributed by atoms with van der Waals surface area (Å²) in [7, 11) is -6.87. The minimum atomic E-state index is -3.74. The maximum absolute atomic E-state index is 12.7. The SMILES string of the molecule is NC(=O)c1cc(S(=O)(=O)N2CCCC2)ccc1OCC(=O)N[C@@H]1CCS(=O)(=O)C1. The molecular formula is C17H23N3O7S2. The standard InChI is InChI=1S/C17H23N3O7S2/c18-17(22)14-9-13(29(25,26)20-6-1-2-7-20)3-4-15(14)27-10-16(21)19-12-5-8-28(23,24)11-12/h3-4,9,12H,1-2,5-8,10-11H2,(H2,18,22)(H,19,21)/t12-/m1/s1. The predicted octanol–water partition coefficient (Wildman–Crippen LogP) is -0.748. The lowest BCUT2D eigenvalue weighted by atomic mass is 10.2. The van der Waals surface area contributed by atoms with Crippen molar-refractivity contribution in [2.45, 2.75) is 30.2 Å². The first-order valence-electron chi connectivity index (χ1n) is 9.15. The van der Waals surface area contributed by atoms with Crippen LogP contribution in [0.25, 0.3) is 0 Å². The lowest BCUT2D eigenvalue weighted by molar-refractivity contribution is -0.123. The predicted molar refractivity (Wildman–Crippen MR) is 104 cm³/mol. The fourth-order valence-electron chi connectivity index (χ4n) is 3.39. The Bertz CT molecular complexity index is 1020. The highest BCUT2D eigenvalue weighted by Gasteiger charge is 2.30. The second-order valence-corrected chi connectivity index (χ2v) is 11.3. The van der Waals surface area contributed by atoms with E-state index >= 15 is 0 Å². The van der Waals surface area contributed by atoms with Gasteiger partial charge in [0.25, 0.3) is 11.8 Å². The number of nitrogens with two attached hydrogens (primary N) is 1. The molecule has 2 heterocycles. The lowest BCUT2D eigenvalue weighted by Crippen LogP contribution is -2.38. The van der Waals surface area contributed by atoms with Crippen molar-refractivity contribution in [1.29, 1.82) is 0 Å². The fraction of sp³-hybridized carbons (Fsp3) is 0.529. The Morgan fingerprint density at radius 1 is 1.24 bits per heavy atom. The molecule has 0 aromatic heterocycles. The minimum Gasteiger partial charge on any atom is -0.483 e. The number of carbonyl (C=O) groups is 2. The van der Waals surface area contributed by atoms with Crippen LogP contribution < -0.4 is 15.8 Å². The molecule has 10 nitrogen and oxygen atoms in total. The number of carbonyl (C=O) groups excluding carboxylic acids is 2. The quantitative estimate of drug-likeness (QED) is 0.560. The molecule has 0 spiro atoms. The van der Waals surface area contributed by atoms with E-state index in [1.54, 1.807) is 0 Å². The van der Waals surface area contributed by atoms with Gasteiger partial charge in [0.1, 0.15) is 5.75 Å². The number of hydrogen-bond donors (Lipinski definition) is 2. The van der Waals surface area contributed by atoms with Crippen LogP contribution in [0.2, 0.25) is 0 Å². The third-order valence-electron chi connectivity index (χ3n) is 4.88. The summed E-state index contributed by atoms with van der Waals surface area (Å²) in [5.74, 6) is -1.55. The van der Waals surface area contributed by atoms with Gasteiger partial charge in [-0.2, -0.15) is 4.31 Å². The molecule has 2 saturated heterocycles. The summed E-state index contributed by atoms with van der Waals surface area (Å²) in [6.07, 6.45) is 1.89. The summed E-state index contributed by atoms with van der Waals surface area (Å²) in [6.45, 7) is 0.377. The van der Waals surface area contributed by atoms with E-state index in [1.165, 1.54) is 16.4 Å². The van der Waals surface area contributed by atoms with E-state index in [0.717, 1.165) is 18.9 Å². The number of hydrogen-bond acceptors (Lipinski definition) is 7. The molecule has 1 aromatic carbocycles. The molecule has 29 heavy (non-hydrogen) atoms. The van der Waals surface area contributed by atoms with E-state index in [2.05, 4.69) is 5.32 Å². The van der Waals surface area contributed by atoms with Crippen LogP contribution in [0.4, 0.5) is 0 Å². The molecule has 1 atom stereocenters. The van der Waals surface area contributed by atoms with E-state index in [4.69, 9.17) is 10.5 Å². The molecule has 160 valence electrons. The average molecular weight is 446 g/mol. The summed E-state index contributed by atoms with van der Waals surface area (Å²) in [5.41, 5.74) is 5.20. The topological polar surface area (TPSA) is 153 Å². The van der Waals surface area contributed by atoms with Gasteiger partial charge in [-0.3, -0.25) is 9.59 Å². The summed E-state index contributed by atoms with van der Waals surface area (Å²) >= 11 is 0. The number of sulfone groups is 1. The van der Waals surface area contributed by atoms with Gasteiger partial charge in [-0.15, -0.1) is 0 Å². The van der Waals surface area contributed by atoms with Crippen molar-refractivity contribution in [2.24, 2.45) is 5.73 Å². The zero-order chi connectivity index (χ0) is 21.2. The summed E-state index contributed by atoms with van der Waals surface area (Å²) in [5, 5.41) is 2.56. The number of nitrogens with one attached hydrogen (secondary N) is 1. The Hall–Kier alpha value is -2.18. The average Bonchev–Trinajstić information content (AvgIpc) is 3.30. The van der Waals surface area contributed by atoms with Crippen LogP contribution in [-0.2, 0) is 24.7 Å². The largest absolute Gasteiger partial charge is 0.483 e. The fourth-order valence-corrected chi connectivity index (χ4v) is 6.60. The lowest BCUT2D eigenvalue weighted by Gasteiger charge is -2.17. The van der Waals surface area contributed by atoms with Crippen LogP contribution in [0.3, 0.4) is 0 Å². The van der Waals surface area contributed by atoms with E-state index < -0.39 is 44.3 Å². The van der Waals surface area contributed by atoms with Crippen molar-refractivity contribution in [1.82, 2.24) is 9.62 Å². The van der Waals surface area contributed by atoms with Gasteiger partial charge in [0.05, 0.1) is 22.0 Å². The van der Waals surface area contributed by atoms with Crippen LogP contribution in [0, 0.1) is 0 Å². The Morgan fingerprint density at radius 2 is 1.93 bits per heavy atom. The van der Waals surface area contributed by atoms with Crippen molar-refractivity contribution < 1.29 is 31.2 Å². The smallest absolute Gasteiger partial charge is 0.258 e. The molecule has 0 unspecified atom stereocenters. The van der Waals surface area contributed by atoms with Crippen molar-refractivity contribution in [3.63, 3.8) is 0 Å². The van der Waals surface area contributed by atoms with E-state index in [9.17, 15) is 26.4 Å². The third-order valence-corrected chi connectivity index (χ3v) is 8.54. The van der Waals surface area contributed by atoms with Gasteiger partial charge in [0.15, 0.2) is 16.4 Å². The maximum Gasteiger partial charge on any atom is 0.258 e. The van der Waals surface area contributed by atoms with Gasteiger partial charge in [-0.25, -0.2) is 16.8 Å². The second-order valence-electron chi connectivity index (χ2n) is 7.09. The zero-order valence-corrected chi connectivity index (χ0v) is 17.3. The van der Waals surface area contributed by atoms with Crippen molar-refractivity contribution in [3.05, 3.63) is 23.8 Å². The highest BCUT2D eigenvalue weighted by atomic mass is 32.2. The molecular weight excluding hydrogens is 422 g/mol. The molecule has 0 bridgehead atoms. The first-order valence-corrected chi connectivity index (χ1v) is 12.4. The Morgan fingerprint density at radius 3 is 2.52 bits per heavy atom. The van der Waals surface area contributed by atoms with Crippen LogP contribution in [-0.4, -0.2) is 70.2 Å². The van der Waals surface area contributed by atoms with E-state index in [-0.39, 0.29) is 27.7 Å². The van der Waals surface area contributed by atoms with E-state index in [0.29, 0.717) is 19.5 Å². The number of nitrogens with zero attached hydrogens (tertiary/aromatic N) is 1. The Kier molecular flexibility index (Phi) is 6.15. The number of rotatable bonds is 7. The van der Waals surface area contributed by atoms with Gasteiger partial charge in [0, 0.05) is 19.1 Å². The van der Waals surface area contributed by atoms with Gasteiger partial charge < -0.3 is 15.8 Å². The third kappa shape index (κ3) is 5.06. The van der Waals surface area contributed by atoms with Gasteiger partial charge >= 0.3 is 0 Å². The number of benzene rings is 1. The monoisotopic (exact) mass is 445 g/mol.